The summed E-state index contributed by atoms with van der Waals surface area (Å²) in [4.78, 5) is 37.0. The van der Waals surface area contributed by atoms with Gasteiger partial charge in [-0.3, -0.25) is 4.79 Å². The van der Waals surface area contributed by atoms with Gasteiger partial charge in [0.15, 0.2) is 11.5 Å². The van der Waals surface area contributed by atoms with Gasteiger partial charge in [0.1, 0.15) is 30.2 Å². The number of carboxylic acids is 1. The molecule has 246 valence electrons. The Morgan fingerprint density at radius 1 is 0.979 bits per heavy atom. The largest absolute Gasteiger partial charge is 0.478 e. The van der Waals surface area contributed by atoms with Crippen LogP contribution in [-0.4, -0.2) is 58.3 Å². The molecular weight excluding hydrogens is 622 g/mol. The molecule has 10 nitrogen and oxygen atoms in total. The van der Waals surface area contributed by atoms with E-state index >= 15 is 4.39 Å². The van der Waals surface area contributed by atoms with E-state index in [-0.39, 0.29) is 54.5 Å². The number of ketones is 1. The van der Waals surface area contributed by atoms with Crippen LogP contribution in [0.4, 0.5) is 14.5 Å². The fourth-order valence-corrected chi connectivity index (χ4v) is 5.22. The summed E-state index contributed by atoms with van der Waals surface area (Å²) in [6, 6.07) is 18.3. The monoisotopic (exact) mass is 654 g/mol. The van der Waals surface area contributed by atoms with Crippen LogP contribution < -0.4 is 4.74 Å². The van der Waals surface area contributed by atoms with Crippen molar-refractivity contribution in [2.24, 2.45) is 0 Å². The second-order valence-corrected chi connectivity index (χ2v) is 11.0. The summed E-state index contributed by atoms with van der Waals surface area (Å²) in [5.74, 6) is -1.70. The molecule has 48 heavy (non-hydrogen) atoms. The molecule has 5 rings (SSSR count). The Balaban J connectivity index is 1.39. The van der Waals surface area contributed by atoms with Crippen molar-refractivity contribution in [2.45, 2.75) is 38.5 Å². The molecular formula is C36H32F2N4O6. The standard InChI is InChI=1S/C36H32F2N4O6/c1-39-26-13-11-25(28(38)19-26)21-48-35-8-4-6-29(41-35)23-10-9-22(27(37)16-23)18-34-40-30-14-12-24(36(44)45)17-31(30)42(34)20-33(47-3)32(43)7-5-15-46-2/h4,6,8-14,16-17,19,33H,5,7,15,18,20-21H2,2-3H3,(H,44,45). The highest BCUT2D eigenvalue weighted by Crippen LogP contribution is 2.27. The average Bonchev–Trinajstić information content (AvgIpc) is 3.43. The first-order valence-corrected chi connectivity index (χ1v) is 15.0. The summed E-state index contributed by atoms with van der Waals surface area (Å²) in [5.41, 5.74) is 2.72. The number of imidazole rings is 1. The van der Waals surface area contributed by atoms with Gasteiger partial charge >= 0.3 is 5.97 Å². The maximum Gasteiger partial charge on any atom is 0.335 e. The molecule has 0 aliphatic heterocycles. The molecule has 0 saturated carbocycles. The minimum atomic E-state index is -1.11. The first-order chi connectivity index (χ1) is 23.2. The van der Waals surface area contributed by atoms with Crippen LogP contribution in [0.5, 0.6) is 5.88 Å². The van der Waals surface area contributed by atoms with Crippen LogP contribution in [0.15, 0.2) is 72.8 Å². The lowest BCUT2D eigenvalue weighted by Crippen LogP contribution is -2.29. The molecule has 2 heterocycles. The Bertz CT molecular complexity index is 2000. The van der Waals surface area contributed by atoms with E-state index < -0.39 is 23.7 Å². The minimum absolute atomic E-state index is 0.0475. The predicted octanol–water partition coefficient (Wildman–Crippen LogP) is 6.81. The number of carboxylic acid groups (broad SMARTS) is 1. The van der Waals surface area contributed by atoms with Crippen LogP contribution in [0.1, 0.15) is 40.2 Å². The number of nitrogens with zero attached hydrogens (tertiary/aromatic N) is 4. The van der Waals surface area contributed by atoms with E-state index in [0.717, 1.165) is 6.07 Å². The van der Waals surface area contributed by atoms with Crippen molar-refractivity contribution < 1.29 is 37.7 Å². The van der Waals surface area contributed by atoms with E-state index in [1.165, 1.54) is 37.4 Å². The van der Waals surface area contributed by atoms with Crippen molar-refractivity contribution in [3.8, 4) is 17.1 Å². The summed E-state index contributed by atoms with van der Waals surface area (Å²) >= 11 is 0. The van der Waals surface area contributed by atoms with Crippen LogP contribution in [0, 0.1) is 18.2 Å². The molecule has 12 heteroatoms. The van der Waals surface area contributed by atoms with Crippen LogP contribution in [0.2, 0.25) is 0 Å². The maximum atomic E-state index is 15.7. The van der Waals surface area contributed by atoms with Gasteiger partial charge in [0.25, 0.3) is 0 Å². The summed E-state index contributed by atoms with van der Waals surface area (Å²) in [7, 11) is 2.99. The molecule has 2 aromatic heterocycles. The molecule has 0 aliphatic carbocycles. The SMILES string of the molecule is [C-]#[N+]c1ccc(COc2cccc(-c3ccc(Cc4nc5ccc(C(=O)O)cc5n4CC(OC)C(=O)CCCOC)c(F)c3)n2)c(F)c1. The molecule has 1 N–H and O–H groups in total. The van der Waals surface area contributed by atoms with Gasteiger partial charge in [-0.2, -0.15) is 0 Å². The third kappa shape index (κ3) is 7.88. The third-order valence-corrected chi connectivity index (χ3v) is 7.80. The molecule has 5 aromatic rings. The normalized spacial score (nSPS) is 11.7. The average molecular weight is 655 g/mol. The molecule has 1 atom stereocenters. The summed E-state index contributed by atoms with van der Waals surface area (Å²) in [6.07, 6.45) is -0.0353. The molecule has 0 radical (unpaired) electrons. The van der Waals surface area contributed by atoms with Crippen LogP contribution >= 0.6 is 0 Å². The highest BCUT2D eigenvalue weighted by atomic mass is 19.1. The van der Waals surface area contributed by atoms with Crippen molar-refractivity contribution in [3.05, 3.63) is 118 Å². The van der Waals surface area contributed by atoms with Crippen molar-refractivity contribution in [1.82, 2.24) is 14.5 Å². The molecule has 0 aliphatic rings. The molecule has 1 unspecified atom stereocenters. The van der Waals surface area contributed by atoms with Gasteiger partial charge in [-0.05, 0) is 48.4 Å². The van der Waals surface area contributed by atoms with Crippen LogP contribution in [0.25, 0.3) is 27.1 Å². The number of ether oxygens (including phenoxy) is 3. The van der Waals surface area contributed by atoms with E-state index in [2.05, 4.69) is 14.8 Å². The number of fused-ring (bicyclic) bond motifs is 1. The zero-order chi connectivity index (χ0) is 34.2. The van der Waals surface area contributed by atoms with Gasteiger partial charge in [0.05, 0.1) is 35.4 Å². The minimum Gasteiger partial charge on any atom is -0.478 e. The Morgan fingerprint density at radius 3 is 2.48 bits per heavy atom. The van der Waals surface area contributed by atoms with Crippen molar-refractivity contribution in [1.29, 1.82) is 0 Å². The van der Waals surface area contributed by atoms with Crippen molar-refractivity contribution >= 4 is 28.5 Å². The van der Waals surface area contributed by atoms with Crippen molar-refractivity contribution in [2.75, 3.05) is 20.8 Å². The molecule has 0 bridgehead atoms. The van der Waals surface area contributed by atoms with Crippen LogP contribution in [-0.2, 0) is 33.8 Å². The Hall–Kier alpha value is -5.51. The number of carbonyl (C=O) groups is 2. The first-order valence-electron chi connectivity index (χ1n) is 15.0. The number of carbonyl (C=O) groups excluding carboxylic acids is 1. The van der Waals surface area contributed by atoms with Gasteiger partial charge in [0.2, 0.25) is 5.88 Å². The fourth-order valence-electron chi connectivity index (χ4n) is 5.22. The zero-order valence-corrected chi connectivity index (χ0v) is 26.3. The number of halogens is 2. The number of methoxy groups -OCH3 is 2. The number of aromatic carboxylic acids is 1. The quantitative estimate of drug-likeness (QED) is 0.0967. The molecule has 0 saturated heterocycles. The first kappa shape index (κ1) is 33.8. The van der Waals surface area contributed by atoms with Gasteiger partial charge < -0.3 is 23.9 Å². The Labute approximate surface area is 275 Å². The highest BCUT2D eigenvalue weighted by molar-refractivity contribution is 5.92. The molecule has 0 amide bonds. The smallest absolute Gasteiger partial charge is 0.335 e. The third-order valence-electron chi connectivity index (χ3n) is 7.80. The molecule has 0 fully saturated rings. The van der Waals surface area contributed by atoms with E-state index in [0.29, 0.717) is 46.7 Å². The number of Topliss-reactive ketones (excluding diaryl/α,β-unsaturated/α-hetero) is 1. The summed E-state index contributed by atoms with van der Waals surface area (Å²) in [5, 5.41) is 9.59. The number of pyridine rings is 1. The molecule has 3 aromatic carbocycles. The fraction of sp³-hybridized carbons (Fsp3) is 0.250. The lowest BCUT2D eigenvalue weighted by molar-refractivity contribution is -0.129. The van der Waals surface area contributed by atoms with Gasteiger partial charge in [-0.25, -0.2) is 28.4 Å². The Kier molecular flexibility index (Phi) is 10.8. The second-order valence-electron chi connectivity index (χ2n) is 11.0. The van der Waals surface area contributed by atoms with E-state index in [4.69, 9.17) is 20.8 Å². The van der Waals surface area contributed by atoms with E-state index in [1.807, 2.05) is 0 Å². The lowest BCUT2D eigenvalue weighted by Gasteiger charge is -2.18. The number of rotatable bonds is 15. The Morgan fingerprint density at radius 2 is 1.77 bits per heavy atom. The topological polar surface area (TPSA) is 117 Å². The van der Waals surface area contributed by atoms with Crippen LogP contribution in [0.3, 0.4) is 0 Å². The van der Waals surface area contributed by atoms with Crippen molar-refractivity contribution in [3.63, 3.8) is 0 Å². The maximum absolute atomic E-state index is 15.7. The van der Waals surface area contributed by atoms with Gasteiger partial charge in [-0.1, -0.05) is 30.3 Å². The second kappa shape index (κ2) is 15.4. The van der Waals surface area contributed by atoms with E-state index in [9.17, 15) is 19.1 Å². The summed E-state index contributed by atoms with van der Waals surface area (Å²) in [6.45, 7) is 7.38. The number of aromatic nitrogens is 3. The number of hydrogen-bond acceptors (Lipinski definition) is 7. The van der Waals surface area contributed by atoms with Gasteiger partial charge in [0, 0.05) is 50.9 Å². The van der Waals surface area contributed by atoms with E-state index in [1.54, 1.807) is 48.1 Å². The number of benzene rings is 3. The lowest BCUT2D eigenvalue weighted by atomic mass is 10.0. The molecule has 0 spiro atoms. The zero-order valence-electron chi connectivity index (χ0n) is 26.3. The van der Waals surface area contributed by atoms with Gasteiger partial charge in [-0.15, -0.1) is 0 Å². The summed E-state index contributed by atoms with van der Waals surface area (Å²) < 4.78 is 47.9. The highest BCUT2D eigenvalue weighted by Gasteiger charge is 2.23. The predicted molar refractivity (Wildman–Crippen MR) is 173 cm³/mol. The number of hydrogen-bond donors (Lipinski definition) is 1.